The van der Waals surface area contributed by atoms with Crippen molar-refractivity contribution in [2.45, 2.75) is 26.2 Å². The average Bonchev–Trinajstić information content (AvgIpc) is 3.32. The van der Waals surface area contributed by atoms with Gasteiger partial charge in [0, 0.05) is 38.6 Å². The molecule has 0 saturated carbocycles. The molecule has 10 heteroatoms. The molecular weight excluding hydrogens is 609 g/mol. The van der Waals surface area contributed by atoms with Crippen LogP contribution < -0.4 is 10.6 Å². The van der Waals surface area contributed by atoms with Crippen LogP contribution >= 0.6 is 48.6 Å². The van der Waals surface area contributed by atoms with Gasteiger partial charge in [0.05, 0.1) is 10.2 Å². The number of para-hydroxylation sites is 1. The van der Waals surface area contributed by atoms with Gasteiger partial charge in [0.1, 0.15) is 0 Å². The van der Waals surface area contributed by atoms with Crippen molar-refractivity contribution in [3.8, 4) is 0 Å². The molecule has 0 aliphatic carbocycles. The summed E-state index contributed by atoms with van der Waals surface area (Å²) < 4.78 is 1.07. The summed E-state index contributed by atoms with van der Waals surface area (Å²) in [6, 6.07) is 29.0. The average molecular weight is 653 g/mol. The maximum atomic E-state index is 13.6. The van der Waals surface area contributed by atoms with Crippen LogP contribution in [0.5, 0.6) is 0 Å². The zero-order valence-electron chi connectivity index (χ0n) is 24.8. The first-order chi connectivity index (χ1) is 18.8. The summed E-state index contributed by atoms with van der Waals surface area (Å²) in [6.45, 7) is 8.39. The largest absolute Gasteiger partial charge is 0.323 e. The second-order valence-corrected chi connectivity index (χ2v) is 12.2. The van der Waals surface area contributed by atoms with Crippen molar-refractivity contribution >= 4 is 69.9 Å². The number of hydrogen-bond acceptors (Lipinski definition) is 5. The van der Waals surface area contributed by atoms with E-state index in [4.69, 9.17) is 0 Å². The number of halogens is 3. The minimum atomic E-state index is -0.108. The van der Waals surface area contributed by atoms with Gasteiger partial charge in [-0.15, -0.1) is 37.2 Å². The molecule has 0 atom stereocenters. The van der Waals surface area contributed by atoms with Crippen LogP contribution in [0, 0.1) is 5.41 Å². The van der Waals surface area contributed by atoms with E-state index >= 15 is 0 Å². The molecule has 0 aliphatic heterocycles. The van der Waals surface area contributed by atoms with Crippen LogP contribution in [0.2, 0.25) is 0 Å². The van der Waals surface area contributed by atoms with Crippen molar-refractivity contribution in [2.24, 2.45) is 5.41 Å². The van der Waals surface area contributed by atoms with Gasteiger partial charge < -0.3 is 15.1 Å². The van der Waals surface area contributed by atoms with Gasteiger partial charge in [0.15, 0.2) is 5.13 Å². The van der Waals surface area contributed by atoms with Gasteiger partial charge in [-0.05, 0) is 49.2 Å². The predicted molar refractivity (Wildman–Crippen MR) is 187 cm³/mol. The molecule has 0 unspecified atom stereocenters. The third kappa shape index (κ3) is 11.4. The molecule has 0 spiro atoms. The standard InChI is InChI=1S/C32H41N5OS.3ClH/c1-32(2,24-36(3)4)23-33-20-22-37(31(38)35-30-34-28-17-11-12-18-29(28)39-30)21-19-27(25-13-7-5-8-14-25)26-15-9-6-10-16-26;;;/h5-18,27,33H,19-24H2,1-4H3,(H,34,35,38);3*1H. The highest BCUT2D eigenvalue weighted by atomic mass is 35.5. The molecule has 1 aromatic heterocycles. The van der Waals surface area contributed by atoms with Crippen molar-refractivity contribution in [2.75, 3.05) is 52.1 Å². The van der Waals surface area contributed by atoms with Gasteiger partial charge in [-0.1, -0.05) is 98.0 Å². The number of carbonyl (C=O) groups excluding carboxylic acids is 1. The Morgan fingerprint density at radius 3 is 2.00 bits per heavy atom. The molecule has 2 amide bonds. The summed E-state index contributed by atoms with van der Waals surface area (Å²) >= 11 is 1.51. The summed E-state index contributed by atoms with van der Waals surface area (Å²) in [7, 11) is 4.21. The van der Waals surface area contributed by atoms with Crippen LogP contribution in [0.15, 0.2) is 84.9 Å². The number of carbonyl (C=O) groups is 1. The van der Waals surface area contributed by atoms with Gasteiger partial charge in [0.2, 0.25) is 0 Å². The number of aromatic nitrogens is 1. The summed E-state index contributed by atoms with van der Waals surface area (Å²) in [5, 5.41) is 7.30. The predicted octanol–water partition coefficient (Wildman–Crippen LogP) is 7.80. The number of nitrogens with zero attached hydrogens (tertiary/aromatic N) is 3. The third-order valence-electron chi connectivity index (χ3n) is 6.79. The Morgan fingerprint density at radius 2 is 1.43 bits per heavy atom. The maximum Gasteiger partial charge on any atom is 0.323 e. The number of nitrogens with one attached hydrogen (secondary N) is 2. The number of rotatable bonds is 13. The lowest BCUT2D eigenvalue weighted by atomic mass is 9.88. The molecule has 3 aromatic carbocycles. The second kappa shape index (κ2) is 18.3. The van der Waals surface area contributed by atoms with Crippen molar-refractivity contribution in [3.63, 3.8) is 0 Å². The van der Waals surface area contributed by atoms with E-state index in [1.807, 2.05) is 41.3 Å². The van der Waals surface area contributed by atoms with Crippen molar-refractivity contribution in [1.29, 1.82) is 0 Å². The molecular formula is C32H44Cl3N5OS. The Balaban J connectivity index is 0.00000294. The Morgan fingerprint density at radius 1 is 0.857 bits per heavy atom. The molecule has 1 heterocycles. The molecule has 0 radical (unpaired) electrons. The summed E-state index contributed by atoms with van der Waals surface area (Å²) in [5.41, 5.74) is 3.57. The molecule has 0 aliphatic rings. The monoisotopic (exact) mass is 651 g/mol. The number of amides is 2. The molecule has 4 rings (SSSR count). The number of benzene rings is 3. The van der Waals surface area contributed by atoms with Gasteiger partial charge in [-0.2, -0.15) is 0 Å². The van der Waals surface area contributed by atoms with Crippen LogP contribution in [-0.2, 0) is 0 Å². The van der Waals surface area contributed by atoms with E-state index in [-0.39, 0.29) is 54.6 Å². The van der Waals surface area contributed by atoms with Gasteiger partial charge >= 0.3 is 6.03 Å². The number of fused-ring (bicyclic) bond motifs is 1. The van der Waals surface area contributed by atoms with E-state index in [0.717, 1.165) is 36.3 Å². The smallest absolute Gasteiger partial charge is 0.323 e. The van der Waals surface area contributed by atoms with Gasteiger partial charge in [-0.25, -0.2) is 9.78 Å². The number of hydrogen-bond donors (Lipinski definition) is 2. The molecule has 6 nitrogen and oxygen atoms in total. The minimum Gasteiger partial charge on any atom is -0.323 e. The summed E-state index contributed by atoms with van der Waals surface area (Å²) in [6.07, 6.45) is 0.827. The van der Waals surface area contributed by atoms with Crippen molar-refractivity contribution in [1.82, 2.24) is 20.1 Å². The Kier molecular flexibility index (Phi) is 16.4. The normalized spacial score (nSPS) is 11.0. The molecule has 2 N–H and O–H groups in total. The van der Waals surface area contributed by atoms with Crippen LogP contribution in [0.1, 0.15) is 37.3 Å². The van der Waals surface area contributed by atoms with Crippen LogP contribution in [0.4, 0.5) is 9.93 Å². The summed E-state index contributed by atoms with van der Waals surface area (Å²) in [5.74, 6) is 0.206. The first-order valence-corrected chi connectivity index (χ1v) is 14.5. The highest BCUT2D eigenvalue weighted by Crippen LogP contribution is 2.29. The number of urea groups is 1. The fraction of sp³-hybridized carbons (Fsp3) is 0.375. The second-order valence-electron chi connectivity index (χ2n) is 11.1. The highest BCUT2D eigenvalue weighted by Gasteiger charge is 2.21. The number of thiazole rings is 1. The highest BCUT2D eigenvalue weighted by molar-refractivity contribution is 7.22. The molecule has 230 valence electrons. The van der Waals surface area contributed by atoms with E-state index < -0.39 is 0 Å². The van der Waals surface area contributed by atoms with Crippen molar-refractivity contribution < 1.29 is 4.79 Å². The van der Waals surface area contributed by atoms with E-state index in [1.54, 1.807) is 0 Å². The van der Waals surface area contributed by atoms with E-state index in [9.17, 15) is 4.79 Å². The van der Waals surface area contributed by atoms with Crippen LogP contribution in [-0.4, -0.2) is 67.6 Å². The van der Waals surface area contributed by atoms with E-state index in [0.29, 0.717) is 18.2 Å². The SMILES string of the molecule is CN(C)CC(C)(C)CNCCN(CCC(c1ccccc1)c1ccccc1)C(=O)Nc1nc2ccccc2s1.Cl.Cl.Cl. The fourth-order valence-corrected chi connectivity index (χ4v) is 6.00. The Hall–Kier alpha value is -2.39. The topological polar surface area (TPSA) is 60.5 Å². The Labute approximate surface area is 273 Å². The molecule has 0 fully saturated rings. The molecule has 4 aromatic rings. The van der Waals surface area contributed by atoms with Crippen LogP contribution in [0.3, 0.4) is 0 Å². The lowest BCUT2D eigenvalue weighted by Gasteiger charge is -2.30. The van der Waals surface area contributed by atoms with E-state index in [1.165, 1.54) is 22.5 Å². The summed E-state index contributed by atoms with van der Waals surface area (Å²) in [4.78, 5) is 22.3. The maximum absolute atomic E-state index is 13.6. The number of anilines is 1. The zero-order chi connectivity index (χ0) is 27.7. The molecule has 0 bridgehead atoms. The quantitative estimate of drug-likeness (QED) is 0.145. The first-order valence-electron chi connectivity index (χ1n) is 13.7. The third-order valence-corrected chi connectivity index (χ3v) is 7.74. The fourth-order valence-electron chi connectivity index (χ4n) is 5.15. The first kappa shape index (κ1) is 37.6. The zero-order valence-corrected chi connectivity index (χ0v) is 28.1. The van der Waals surface area contributed by atoms with Gasteiger partial charge in [0.25, 0.3) is 0 Å². The molecule has 0 saturated heterocycles. The lowest BCUT2D eigenvalue weighted by molar-refractivity contribution is 0.205. The minimum absolute atomic E-state index is 0. The van der Waals surface area contributed by atoms with Crippen molar-refractivity contribution in [3.05, 3.63) is 96.1 Å². The van der Waals surface area contributed by atoms with Crippen LogP contribution in [0.25, 0.3) is 10.2 Å². The molecule has 42 heavy (non-hydrogen) atoms. The lowest BCUT2D eigenvalue weighted by Crippen LogP contribution is -2.43. The Bertz CT molecular complexity index is 1250. The van der Waals surface area contributed by atoms with E-state index in [2.05, 4.69) is 97.0 Å². The van der Waals surface area contributed by atoms with Gasteiger partial charge in [-0.3, -0.25) is 5.32 Å².